The molecule has 2 aromatic heterocycles. The third-order valence-electron chi connectivity index (χ3n) is 3.21. The number of imidazole rings is 1. The van der Waals surface area contributed by atoms with E-state index in [0.717, 1.165) is 25.3 Å². The summed E-state index contributed by atoms with van der Waals surface area (Å²) in [7, 11) is 0. The zero-order valence-corrected chi connectivity index (χ0v) is 13.8. The van der Waals surface area contributed by atoms with Crippen molar-refractivity contribution in [2.45, 2.75) is 18.8 Å². The first kappa shape index (κ1) is 12.1. The number of rotatable bonds is 2. The van der Waals surface area contributed by atoms with E-state index in [4.69, 9.17) is 4.98 Å². The lowest BCUT2D eigenvalue weighted by Crippen LogP contribution is -1.87. The molecule has 3 nitrogen and oxygen atoms in total. The fourth-order valence-corrected chi connectivity index (χ4v) is 4.04. The van der Waals surface area contributed by atoms with E-state index in [-0.39, 0.29) is 0 Å². The summed E-state index contributed by atoms with van der Waals surface area (Å²) in [4.78, 5) is 5.66. The van der Waals surface area contributed by atoms with E-state index in [1.54, 1.807) is 11.3 Å². The number of nitrogens with zero attached hydrogens (tertiary/aromatic N) is 3. The zero-order valence-electron chi connectivity index (χ0n) is 9.81. The summed E-state index contributed by atoms with van der Waals surface area (Å²) in [6, 6.07) is 8.17. The molecular weight excluding hydrogens is 390 g/mol. The highest BCUT2D eigenvalue weighted by Gasteiger charge is 2.28. The second-order valence-electron chi connectivity index (χ2n) is 4.67. The van der Waals surface area contributed by atoms with Crippen molar-refractivity contribution in [3.05, 3.63) is 38.3 Å². The molecule has 0 spiro atoms. The number of hydrogen-bond acceptors (Lipinski definition) is 3. The van der Waals surface area contributed by atoms with E-state index in [1.807, 2.05) is 16.6 Å². The molecule has 3 aromatic rings. The molecule has 1 fully saturated rings. The SMILES string of the molecule is Brc1ccc(-c2nc3sc(C4CC4)nn3c2Br)cc1. The van der Waals surface area contributed by atoms with Crippen molar-refractivity contribution >= 4 is 48.2 Å². The Morgan fingerprint density at radius 2 is 1.89 bits per heavy atom. The van der Waals surface area contributed by atoms with Crippen LogP contribution in [0.3, 0.4) is 0 Å². The Bertz CT molecular complexity index is 756. The third-order valence-corrected chi connectivity index (χ3v) is 5.52. The minimum Gasteiger partial charge on any atom is -0.216 e. The molecule has 0 aliphatic heterocycles. The molecule has 2 heterocycles. The summed E-state index contributed by atoms with van der Waals surface area (Å²) < 4.78 is 3.92. The van der Waals surface area contributed by atoms with Gasteiger partial charge in [-0.3, -0.25) is 0 Å². The molecule has 1 aromatic carbocycles. The Kier molecular flexibility index (Phi) is 2.79. The maximum Gasteiger partial charge on any atom is 0.213 e. The lowest BCUT2D eigenvalue weighted by atomic mass is 10.2. The van der Waals surface area contributed by atoms with Gasteiger partial charge in [0.2, 0.25) is 4.96 Å². The summed E-state index contributed by atoms with van der Waals surface area (Å²) in [6.45, 7) is 0. The average molecular weight is 399 g/mol. The second-order valence-corrected chi connectivity index (χ2v) is 7.32. The van der Waals surface area contributed by atoms with E-state index in [2.05, 4.69) is 49.1 Å². The molecule has 19 heavy (non-hydrogen) atoms. The van der Waals surface area contributed by atoms with Crippen molar-refractivity contribution in [3.8, 4) is 11.3 Å². The minimum atomic E-state index is 0.676. The van der Waals surface area contributed by atoms with E-state index in [9.17, 15) is 0 Å². The Morgan fingerprint density at radius 1 is 1.16 bits per heavy atom. The zero-order chi connectivity index (χ0) is 13.0. The van der Waals surface area contributed by atoms with Gasteiger partial charge < -0.3 is 0 Å². The lowest BCUT2D eigenvalue weighted by Gasteiger charge is -1.98. The number of hydrogen-bond donors (Lipinski definition) is 0. The van der Waals surface area contributed by atoms with Crippen molar-refractivity contribution in [2.75, 3.05) is 0 Å². The standard InChI is InChI=1S/C13H9Br2N3S/c14-9-5-3-7(4-6-9)10-11(15)18-13(16-10)19-12(17-18)8-1-2-8/h3-6,8H,1-2H2. The van der Waals surface area contributed by atoms with Gasteiger partial charge in [-0.15, -0.1) is 0 Å². The van der Waals surface area contributed by atoms with Gasteiger partial charge in [0.25, 0.3) is 0 Å². The summed E-state index contributed by atoms with van der Waals surface area (Å²) >= 11 is 8.77. The molecule has 0 atom stereocenters. The fourth-order valence-electron chi connectivity index (χ4n) is 2.03. The van der Waals surface area contributed by atoms with E-state index >= 15 is 0 Å². The molecule has 96 valence electrons. The predicted molar refractivity (Wildman–Crippen MR) is 83.7 cm³/mol. The van der Waals surface area contributed by atoms with E-state index < -0.39 is 0 Å². The van der Waals surface area contributed by atoms with Gasteiger partial charge in [-0.2, -0.15) is 9.61 Å². The van der Waals surface area contributed by atoms with Crippen LogP contribution in [-0.4, -0.2) is 14.6 Å². The maximum atomic E-state index is 4.70. The van der Waals surface area contributed by atoms with E-state index in [1.165, 1.54) is 17.8 Å². The molecule has 0 bridgehead atoms. The first-order valence-corrected chi connectivity index (χ1v) is 8.43. The topological polar surface area (TPSA) is 30.2 Å². The Labute approximate surface area is 130 Å². The molecule has 1 saturated carbocycles. The largest absolute Gasteiger partial charge is 0.216 e. The van der Waals surface area contributed by atoms with Crippen LogP contribution in [0.1, 0.15) is 23.8 Å². The first-order valence-electron chi connectivity index (χ1n) is 6.03. The molecule has 0 unspecified atom stereocenters. The van der Waals surface area contributed by atoms with Crippen LogP contribution in [0, 0.1) is 0 Å². The van der Waals surface area contributed by atoms with Crippen molar-refractivity contribution in [3.63, 3.8) is 0 Å². The maximum absolute atomic E-state index is 4.70. The van der Waals surface area contributed by atoms with Crippen LogP contribution in [-0.2, 0) is 0 Å². The molecule has 1 aliphatic carbocycles. The van der Waals surface area contributed by atoms with Crippen LogP contribution < -0.4 is 0 Å². The normalized spacial score (nSPS) is 15.3. The molecule has 1 aliphatic rings. The highest BCUT2D eigenvalue weighted by molar-refractivity contribution is 9.10. The molecular formula is C13H9Br2N3S. The van der Waals surface area contributed by atoms with Crippen molar-refractivity contribution in [1.29, 1.82) is 0 Å². The number of benzene rings is 1. The van der Waals surface area contributed by atoms with Gasteiger partial charge in [-0.05, 0) is 40.9 Å². The van der Waals surface area contributed by atoms with Gasteiger partial charge in [0, 0.05) is 16.0 Å². The number of aromatic nitrogens is 3. The fraction of sp³-hybridized carbons (Fsp3) is 0.231. The van der Waals surface area contributed by atoms with Crippen LogP contribution in [0.2, 0.25) is 0 Å². The van der Waals surface area contributed by atoms with Gasteiger partial charge in [0.05, 0.1) is 0 Å². The molecule has 0 radical (unpaired) electrons. The minimum absolute atomic E-state index is 0.676. The monoisotopic (exact) mass is 397 g/mol. The van der Waals surface area contributed by atoms with Gasteiger partial charge in [-0.25, -0.2) is 4.98 Å². The van der Waals surface area contributed by atoms with Crippen molar-refractivity contribution in [2.24, 2.45) is 0 Å². The highest BCUT2D eigenvalue weighted by Crippen LogP contribution is 2.43. The number of halogens is 2. The van der Waals surface area contributed by atoms with Crippen molar-refractivity contribution in [1.82, 2.24) is 14.6 Å². The van der Waals surface area contributed by atoms with E-state index in [0.29, 0.717) is 5.92 Å². The van der Waals surface area contributed by atoms with Crippen LogP contribution in [0.15, 0.2) is 33.3 Å². The molecule has 0 N–H and O–H groups in total. The van der Waals surface area contributed by atoms with Gasteiger partial charge in [0.15, 0.2) is 0 Å². The van der Waals surface area contributed by atoms with Crippen LogP contribution in [0.4, 0.5) is 0 Å². The highest BCUT2D eigenvalue weighted by atomic mass is 79.9. The van der Waals surface area contributed by atoms with Crippen molar-refractivity contribution < 1.29 is 0 Å². The summed E-state index contributed by atoms with van der Waals surface area (Å²) in [6.07, 6.45) is 2.54. The smallest absolute Gasteiger partial charge is 0.213 e. The van der Waals surface area contributed by atoms with Gasteiger partial charge >= 0.3 is 0 Å². The first-order chi connectivity index (χ1) is 9.22. The molecule has 0 amide bonds. The quantitative estimate of drug-likeness (QED) is 0.616. The third kappa shape index (κ3) is 2.06. The molecule has 6 heteroatoms. The molecule has 4 rings (SSSR count). The van der Waals surface area contributed by atoms with Gasteiger partial charge in [-0.1, -0.05) is 39.4 Å². The lowest BCUT2D eigenvalue weighted by molar-refractivity contribution is 0.889. The van der Waals surface area contributed by atoms with Gasteiger partial charge in [0.1, 0.15) is 15.3 Å². The Hall–Kier alpha value is -0.720. The Morgan fingerprint density at radius 3 is 2.53 bits per heavy atom. The predicted octanol–water partition coefficient (Wildman–Crippen LogP) is 4.86. The van der Waals surface area contributed by atoms with Crippen LogP contribution in [0.25, 0.3) is 16.2 Å². The van der Waals surface area contributed by atoms with Crippen LogP contribution >= 0.6 is 43.2 Å². The molecule has 0 saturated heterocycles. The van der Waals surface area contributed by atoms with Crippen LogP contribution in [0.5, 0.6) is 0 Å². The average Bonchev–Trinajstić information content (AvgIpc) is 3.10. The number of fused-ring (bicyclic) bond motifs is 1. The summed E-state index contributed by atoms with van der Waals surface area (Å²) in [5.74, 6) is 0.676. The summed E-state index contributed by atoms with van der Waals surface area (Å²) in [5.41, 5.74) is 2.05. The second kappa shape index (κ2) is 4.40. The summed E-state index contributed by atoms with van der Waals surface area (Å²) in [5, 5.41) is 5.87. The Balaban J connectivity index is 1.84.